The lowest BCUT2D eigenvalue weighted by Crippen LogP contribution is -2.52. The van der Waals surface area contributed by atoms with Crippen LogP contribution in [0.4, 0.5) is 4.79 Å². The second-order valence-electron chi connectivity index (χ2n) is 6.48. The normalized spacial score (nSPS) is 20.9. The molecule has 134 valence electrons. The lowest BCUT2D eigenvalue weighted by atomic mass is 10.2. The van der Waals surface area contributed by atoms with E-state index in [0.717, 1.165) is 25.0 Å². The van der Waals surface area contributed by atoms with Gasteiger partial charge in [-0.05, 0) is 39.2 Å². The van der Waals surface area contributed by atoms with Crippen LogP contribution in [0.3, 0.4) is 0 Å². The molecule has 1 aromatic heterocycles. The fourth-order valence-corrected chi connectivity index (χ4v) is 3.05. The lowest BCUT2D eigenvalue weighted by Gasteiger charge is -2.36. The highest BCUT2D eigenvalue weighted by Gasteiger charge is 2.26. The van der Waals surface area contributed by atoms with Crippen LogP contribution in [0.15, 0.2) is 23.0 Å². The standard InChI is InChI=1S/C18H29N3O3/c1-4-16-13-20(12-15(3)24-16)18(23)19-10-5-6-11-21-14(2)8-7-9-17(21)22/h7-9,15-16H,4-6,10-13H2,1-3H3,(H,19,23)/t15-,16-/m0/s1. The first-order valence-corrected chi connectivity index (χ1v) is 8.86. The summed E-state index contributed by atoms with van der Waals surface area (Å²) in [5.74, 6) is 0. The van der Waals surface area contributed by atoms with Crippen LogP contribution in [-0.2, 0) is 11.3 Å². The Hall–Kier alpha value is -1.82. The van der Waals surface area contributed by atoms with Crippen LogP contribution in [0.25, 0.3) is 0 Å². The van der Waals surface area contributed by atoms with Gasteiger partial charge in [-0.25, -0.2) is 4.79 Å². The van der Waals surface area contributed by atoms with Crippen LogP contribution in [0.2, 0.25) is 0 Å². The Bertz CT molecular complexity index is 599. The molecular formula is C18H29N3O3. The minimum absolute atomic E-state index is 0.0170. The van der Waals surface area contributed by atoms with Crippen molar-refractivity contribution in [1.29, 1.82) is 0 Å². The first kappa shape index (κ1) is 18.5. The molecule has 1 aromatic rings. The first-order chi connectivity index (χ1) is 11.5. The van der Waals surface area contributed by atoms with E-state index in [4.69, 9.17) is 4.74 Å². The number of ether oxygens (including phenoxy) is 1. The summed E-state index contributed by atoms with van der Waals surface area (Å²) in [5.41, 5.74) is 1.01. The number of nitrogens with one attached hydrogen (secondary N) is 1. The molecule has 24 heavy (non-hydrogen) atoms. The smallest absolute Gasteiger partial charge is 0.317 e. The van der Waals surface area contributed by atoms with Gasteiger partial charge < -0.3 is 19.5 Å². The highest BCUT2D eigenvalue weighted by Crippen LogP contribution is 2.13. The zero-order valence-electron chi connectivity index (χ0n) is 15.0. The van der Waals surface area contributed by atoms with Crippen LogP contribution in [0.5, 0.6) is 0 Å². The predicted molar refractivity (Wildman–Crippen MR) is 94.3 cm³/mol. The summed E-state index contributed by atoms with van der Waals surface area (Å²) in [6.45, 7) is 8.63. The molecule has 6 heteroatoms. The van der Waals surface area contributed by atoms with Crippen molar-refractivity contribution in [3.8, 4) is 0 Å². The van der Waals surface area contributed by atoms with Crippen LogP contribution >= 0.6 is 0 Å². The summed E-state index contributed by atoms with van der Waals surface area (Å²) in [5, 5.41) is 2.98. The number of unbranched alkanes of at least 4 members (excludes halogenated alkanes) is 1. The summed E-state index contributed by atoms with van der Waals surface area (Å²) in [7, 11) is 0. The molecule has 0 aliphatic carbocycles. The molecule has 1 saturated heterocycles. The maximum absolute atomic E-state index is 12.3. The maximum Gasteiger partial charge on any atom is 0.317 e. The number of hydrogen-bond acceptors (Lipinski definition) is 3. The van der Waals surface area contributed by atoms with Gasteiger partial charge in [-0.3, -0.25) is 4.79 Å². The SMILES string of the molecule is CC[C@H]1CN(C(=O)NCCCCn2c(C)cccc2=O)C[C@H](C)O1. The minimum Gasteiger partial charge on any atom is -0.372 e. The number of hydrogen-bond donors (Lipinski definition) is 1. The molecule has 0 spiro atoms. The Morgan fingerprint density at radius 2 is 2.12 bits per heavy atom. The third kappa shape index (κ3) is 5.09. The lowest BCUT2D eigenvalue weighted by molar-refractivity contribution is -0.0646. The van der Waals surface area contributed by atoms with Gasteiger partial charge in [0.15, 0.2) is 0 Å². The van der Waals surface area contributed by atoms with E-state index in [2.05, 4.69) is 12.2 Å². The van der Waals surface area contributed by atoms with Crippen LogP contribution < -0.4 is 10.9 Å². The Balaban J connectivity index is 1.70. The molecule has 2 amide bonds. The van der Waals surface area contributed by atoms with Gasteiger partial charge in [0, 0.05) is 37.9 Å². The average Bonchev–Trinajstić information content (AvgIpc) is 2.56. The number of pyridine rings is 1. The molecule has 0 aromatic carbocycles. The van der Waals surface area contributed by atoms with Crippen molar-refractivity contribution in [3.05, 3.63) is 34.2 Å². The number of morpholine rings is 1. The molecule has 1 aliphatic rings. The van der Waals surface area contributed by atoms with Crippen LogP contribution in [-0.4, -0.2) is 47.3 Å². The van der Waals surface area contributed by atoms with Gasteiger partial charge in [0.1, 0.15) is 0 Å². The van der Waals surface area contributed by atoms with Crippen LogP contribution in [0, 0.1) is 6.92 Å². The Morgan fingerprint density at radius 1 is 1.33 bits per heavy atom. The van der Waals surface area contributed by atoms with Gasteiger partial charge in [-0.1, -0.05) is 13.0 Å². The maximum atomic E-state index is 12.3. The molecule has 0 bridgehead atoms. The van der Waals surface area contributed by atoms with Gasteiger partial charge in [-0.15, -0.1) is 0 Å². The van der Waals surface area contributed by atoms with Crippen molar-refractivity contribution in [2.24, 2.45) is 0 Å². The summed E-state index contributed by atoms with van der Waals surface area (Å²) in [4.78, 5) is 25.9. The molecule has 1 N–H and O–H groups in total. The third-order valence-corrected chi connectivity index (χ3v) is 4.42. The molecule has 0 saturated carbocycles. The zero-order chi connectivity index (χ0) is 17.5. The van der Waals surface area contributed by atoms with E-state index in [1.165, 1.54) is 0 Å². The molecule has 2 rings (SSSR count). The monoisotopic (exact) mass is 335 g/mol. The second kappa shape index (κ2) is 8.87. The molecule has 2 atom stereocenters. The van der Waals surface area contributed by atoms with Crippen molar-refractivity contribution >= 4 is 6.03 Å². The Morgan fingerprint density at radius 3 is 2.83 bits per heavy atom. The van der Waals surface area contributed by atoms with Gasteiger partial charge in [0.25, 0.3) is 5.56 Å². The molecule has 0 unspecified atom stereocenters. The van der Waals surface area contributed by atoms with Crippen molar-refractivity contribution in [2.75, 3.05) is 19.6 Å². The van der Waals surface area contributed by atoms with Crippen molar-refractivity contribution in [3.63, 3.8) is 0 Å². The number of carbonyl (C=O) groups is 1. The Kier molecular flexibility index (Phi) is 6.85. The summed E-state index contributed by atoms with van der Waals surface area (Å²) < 4.78 is 7.55. The molecular weight excluding hydrogens is 306 g/mol. The fraction of sp³-hybridized carbons (Fsp3) is 0.667. The largest absolute Gasteiger partial charge is 0.372 e. The van der Waals surface area contributed by atoms with Crippen molar-refractivity contribution in [2.45, 2.75) is 58.8 Å². The van der Waals surface area contributed by atoms with E-state index < -0.39 is 0 Å². The summed E-state index contributed by atoms with van der Waals surface area (Å²) in [6.07, 6.45) is 2.85. The average molecular weight is 335 g/mol. The third-order valence-electron chi connectivity index (χ3n) is 4.42. The molecule has 0 radical (unpaired) electrons. The van der Waals surface area contributed by atoms with Gasteiger partial charge >= 0.3 is 6.03 Å². The molecule has 2 heterocycles. The van der Waals surface area contributed by atoms with Gasteiger partial charge in [0.2, 0.25) is 0 Å². The number of carbonyl (C=O) groups excluding carboxylic acids is 1. The van der Waals surface area contributed by atoms with E-state index in [-0.39, 0.29) is 23.8 Å². The van der Waals surface area contributed by atoms with Crippen molar-refractivity contribution < 1.29 is 9.53 Å². The van der Waals surface area contributed by atoms with E-state index >= 15 is 0 Å². The van der Waals surface area contributed by atoms with Gasteiger partial charge in [0.05, 0.1) is 12.2 Å². The molecule has 6 nitrogen and oxygen atoms in total. The van der Waals surface area contributed by atoms with E-state index in [0.29, 0.717) is 26.2 Å². The van der Waals surface area contributed by atoms with E-state index in [9.17, 15) is 9.59 Å². The summed E-state index contributed by atoms with van der Waals surface area (Å²) >= 11 is 0. The number of aryl methyl sites for hydroxylation is 1. The minimum atomic E-state index is -0.0170. The van der Waals surface area contributed by atoms with Gasteiger partial charge in [-0.2, -0.15) is 0 Å². The number of aromatic nitrogens is 1. The zero-order valence-corrected chi connectivity index (χ0v) is 15.0. The highest BCUT2D eigenvalue weighted by atomic mass is 16.5. The quantitative estimate of drug-likeness (QED) is 0.810. The molecule has 1 aliphatic heterocycles. The number of rotatable bonds is 6. The van der Waals surface area contributed by atoms with Crippen molar-refractivity contribution in [1.82, 2.24) is 14.8 Å². The topological polar surface area (TPSA) is 63.6 Å². The van der Waals surface area contributed by atoms with Crippen LogP contribution in [0.1, 0.15) is 38.8 Å². The Labute approximate surface area is 143 Å². The van der Waals surface area contributed by atoms with E-state index in [1.54, 1.807) is 16.7 Å². The first-order valence-electron chi connectivity index (χ1n) is 8.86. The predicted octanol–water partition coefficient (Wildman–Crippen LogP) is 2.15. The number of nitrogens with zero attached hydrogens (tertiary/aromatic N) is 2. The fourth-order valence-electron chi connectivity index (χ4n) is 3.05. The van der Waals surface area contributed by atoms with E-state index in [1.807, 2.05) is 24.8 Å². The summed E-state index contributed by atoms with van der Waals surface area (Å²) in [6, 6.07) is 5.28. The number of amides is 2. The number of urea groups is 1. The second-order valence-corrected chi connectivity index (χ2v) is 6.48. The molecule has 1 fully saturated rings. The highest BCUT2D eigenvalue weighted by molar-refractivity contribution is 5.74.